The smallest absolute Gasteiger partial charge is 0.178 e. The first kappa shape index (κ1) is 21.9. The zero-order valence-corrected chi connectivity index (χ0v) is 18.0. The van der Waals surface area contributed by atoms with Crippen molar-refractivity contribution in [1.82, 2.24) is 9.80 Å². The third-order valence-corrected chi connectivity index (χ3v) is 7.45. The van der Waals surface area contributed by atoms with Gasteiger partial charge in [0.05, 0.1) is 10.6 Å². The van der Waals surface area contributed by atoms with Crippen LogP contribution >= 0.6 is 0 Å². The summed E-state index contributed by atoms with van der Waals surface area (Å²) in [5, 5.41) is 0. The zero-order valence-electron chi connectivity index (χ0n) is 17.1. The van der Waals surface area contributed by atoms with Crippen molar-refractivity contribution in [2.45, 2.75) is 30.7 Å². The molecule has 158 valence electrons. The summed E-state index contributed by atoms with van der Waals surface area (Å²) >= 11 is 0. The Bertz CT molecular complexity index is 848. The van der Waals surface area contributed by atoms with Gasteiger partial charge in [0.2, 0.25) is 0 Å². The predicted octanol–water partition coefficient (Wildman–Crippen LogP) is 3.83. The summed E-state index contributed by atoms with van der Waals surface area (Å²) in [5.74, 6) is 0.391. The van der Waals surface area contributed by atoms with Gasteiger partial charge in [-0.25, -0.2) is 12.8 Å². The Labute approximate surface area is 174 Å². The molecule has 1 aliphatic heterocycles. The summed E-state index contributed by atoms with van der Waals surface area (Å²) in [4.78, 5) is 4.97. The zero-order chi connectivity index (χ0) is 20.7. The first-order valence-corrected chi connectivity index (χ1v) is 12.0. The van der Waals surface area contributed by atoms with Gasteiger partial charge in [0, 0.05) is 13.1 Å². The van der Waals surface area contributed by atoms with E-state index in [0.717, 1.165) is 45.6 Å². The van der Waals surface area contributed by atoms with E-state index in [2.05, 4.69) is 41.1 Å². The molecule has 1 saturated heterocycles. The molecule has 0 unspecified atom stereocenters. The number of nitrogens with zero attached hydrogens (tertiary/aromatic N) is 2. The number of hydrogen-bond donors (Lipinski definition) is 0. The second-order valence-corrected chi connectivity index (χ2v) is 10.2. The van der Waals surface area contributed by atoms with Crippen molar-refractivity contribution >= 4 is 9.84 Å². The van der Waals surface area contributed by atoms with Crippen molar-refractivity contribution in [3.05, 3.63) is 66.0 Å². The van der Waals surface area contributed by atoms with Gasteiger partial charge in [-0.05, 0) is 81.7 Å². The van der Waals surface area contributed by atoms with Gasteiger partial charge in [-0.3, -0.25) is 0 Å². The quantitative estimate of drug-likeness (QED) is 0.581. The fourth-order valence-electron chi connectivity index (χ4n) is 4.03. The molecule has 0 radical (unpaired) electrons. The fourth-order valence-corrected chi connectivity index (χ4v) is 5.33. The van der Waals surface area contributed by atoms with Crippen molar-refractivity contribution in [2.75, 3.05) is 39.0 Å². The Morgan fingerprint density at radius 2 is 1.69 bits per heavy atom. The third-order valence-electron chi connectivity index (χ3n) is 5.63. The molecule has 2 aromatic rings. The van der Waals surface area contributed by atoms with Crippen LogP contribution in [0.3, 0.4) is 0 Å². The molecule has 0 aromatic heterocycles. The Morgan fingerprint density at radius 3 is 2.34 bits per heavy atom. The Kier molecular flexibility index (Phi) is 7.81. The topological polar surface area (TPSA) is 40.6 Å². The van der Waals surface area contributed by atoms with Crippen molar-refractivity contribution in [3.8, 4) is 0 Å². The standard InChI is InChI=1S/C23H31FN2O2S/c1-25(18-20-6-3-2-4-7-20)19-21-12-15-26(16-13-21)14-5-17-29(27,28)23-10-8-22(24)9-11-23/h2-4,6-11,21H,5,12-19H2,1H3. The number of benzene rings is 2. The molecule has 2 aromatic carbocycles. The normalized spacial score (nSPS) is 16.4. The van der Waals surface area contributed by atoms with Crippen LogP contribution in [0.25, 0.3) is 0 Å². The maximum atomic E-state index is 13.0. The molecule has 6 heteroatoms. The highest BCUT2D eigenvalue weighted by atomic mass is 32.2. The summed E-state index contributed by atoms with van der Waals surface area (Å²) in [6.45, 7) is 4.93. The highest BCUT2D eigenvalue weighted by Gasteiger charge is 2.21. The highest BCUT2D eigenvalue weighted by Crippen LogP contribution is 2.20. The van der Waals surface area contributed by atoms with Crippen molar-refractivity contribution in [1.29, 1.82) is 0 Å². The second-order valence-electron chi connectivity index (χ2n) is 8.09. The number of piperidine rings is 1. The molecule has 0 aliphatic carbocycles. The third kappa shape index (κ3) is 6.91. The molecule has 0 bridgehead atoms. The van der Waals surface area contributed by atoms with Crippen LogP contribution in [0, 0.1) is 11.7 Å². The predicted molar refractivity (Wildman–Crippen MR) is 115 cm³/mol. The van der Waals surface area contributed by atoms with Crippen LogP contribution in [0.5, 0.6) is 0 Å². The van der Waals surface area contributed by atoms with Crippen LogP contribution in [0.1, 0.15) is 24.8 Å². The lowest BCUT2D eigenvalue weighted by Crippen LogP contribution is -2.38. The maximum absolute atomic E-state index is 13.0. The minimum atomic E-state index is -3.33. The molecule has 4 nitrogen and oxygen atoms in total. The van der Waals surface area contributed by atoms with Gasteiger partial charge >= 0.3 is 0 Å². The fraction of sp³-hybridized carbons (Fsp3) is 0.478. The minimum Gasteiger partial charge on any atom is -0.303 e. The van der Waals surface area contributed by atoms with Crippen LogP contribution in [-0.4, -0.2) is 57.2 Å². The van der Waals surface area contributed by atoms with E-state index in [1.165, 1.54) is 29.8 Å². The molecule has 0 N–H and O–H groups in total. The number of rotatable bonds is 9. The van der Waals surface area contributed by atoms with Gasteiger partial charge in [-0.2, -0.15) is 0 Å². The second kappa shape index (κ2) is 10.3. The molecular formula is C23H31FN2O2S. The van der Waals surface area contributed by atoms with E-state index in [1.54, 1.807) is 0 Å². The van der Waals surface area contributed by atoms with Crippen molar-refractivity contribution in [2.24, 2.45) is 5.92 Å². The Balaban J connectivity index is 1.36. The van der Waals surface area contributed by atoms with E-state index in [1.807, 2.05) is 6.07 Å². The molecule has 1 fully saturated rings. The molecule has 0 atom stereocenters. The van der Waals surface area contributed by atoms with Crippen LogP contribution in [0.2, 0.25) is 0 Å². The lowest BCUT2D eigenvalue weighted by Gasteiger charge is -2.34. The van der Waals surface area contributed by atoms with E-state index in [4.69, 9.17) is 0 Å². The minimum absolute atomic E-state index is 0.109. The van der Waals surface area contributed by atoms with E-state index >= 15 is 0 Å². The summed E-state index contributed by atoms with van der Waals surface area (Å²) in [6, 6.07) is 15.6. The molecule has 1 heterocycles. The first-order valence-electron chi connectivity index (χ1n) is 10.4. The lowest BCUT2D eigenvalue weighted by atomic mass is 9.96. The monoisotopic (exact) mass is 418 g/mol. The number of halogens is 1. The summed E-state index contributed by atoms with van der Waals surface area (Å²) in [7, 11) is -1.15. The molecule has 0 spiro atoms. The summed E-state index contributed by atoms with van der Waals surface area (Å²) < 4.78 is 37.7. The molecule has 0 amide bonds. The van der Waals surface area contributed by atoms with E-state index in [9.17, 15) is 12.8 Å². The van der Waals surface area contributed by atoms with Crippen molar-refractivity contribution in [3.63, 3.8) is 0 Å². The lowest BCUT2D eigenvalue weighted by molar-refractivity contribution is 0.152. The number of hydrogen-bond acceptors (Lipinski definition) is 4. The Hall–Kier alpha value is -1.76. The van der Waals surface area contributed by atoms with E-state index < -0.39 is 15.7 Å². The van der Waals surface area contributed by atoms with Gasteiger partial charge in [0.15, 0.2) is 9.84 Å². The van der Waals surface area contributed by atoms with Gasteiger partial charge in [0.1, 0.15) is 5.82 Å². The first-order chi connectivity index (χ1) is 13.9. The molecule has 1 aliphatic rings. The molecule has 3 rings (SSSR count). The number of sulfone groups is 1. The maximum Gasteiger partial charge on any atom is 0.178 e. The highest BCUT2D eigenvalue weighted by molar-refractivity contribution is 7.91. The van der Waals surface area contributed by atoms with Crippen LogP contribution < -0.4 is 0 Å². The molecule has 0 saturated carbocycles. The van der Waals surface area contributed by atoms with E-state index in [-0.39, 0.29) is 10.6 Å². The number of likely N-dealkylation sites (tertiary alicyclic amines) is 1. The summed E-state index contributed by atoms with van der Waals surface area (Å²) in [5.41, 5.74) is 1.34. The summed E-state index contributed by atoms with van der Waals surface area (Å²) in [6.07, 6.45) is 2.92. The van der Waals surface area contributed by atoms with Gasteiger partial charge in [-0.1, -0.05) is 30.3 Å². The van der Waals surface area contributed by atoms with E-state index in [0.29, 0.717) is 12.3 Å². The van der Waals surface area contributed by atoms with Crippen LogP contribution in [-0.2, 0) is 16.4 Å². The van der Waals surface area contributed by atoms with Crippen LogP contribution in [0.4, 0.5) is 4.39 Å². The SMILES string of the molecule is CN(Cc1ccccc1)CC1CCN(CCCS(=O)(=O)c2ccc(F)cc2)CC1. The van der Waals surface area contributed by atoms with Gasteiger partial charge in [0.25, 0.3) is 0 Å². The van der Waals surface area contributed by atoms with Crippen molar-refractivity contribution < 1.29 is 12.8 Å². The molecular weight excluding hydrogens is 387 g/mol. The molecule has 29 heavy (non-hydrogen) atoms. The average Bonchev–Trinajstić information content (AvgIpc) is 2.70. The van der Waals surface area contributed by atoms with Gasteiger partial charge in [-0.15, -0.1) is 0 Å². The Morgan fingerprint density at radius 1 is 1.03 bits per heavy atom. The largest absolute Gasteiger partial charge is 0.303 e. The van der Waals surface area contributed by atoms with Crippen LogP contribution in [0.15, 0.2) is 59.5 Å². The van der Waals surface area contributed by atoms with Gasteiger partial charge < -0.3 is 9.80 Å². The average molecular weight is 419 g/mol.